The Hall–Kier alpha value is -2.45. The van der Waals surface area contributed by atoms with Gasteiger partial charge >= 0.3 is 0 Å². The Kier molecular flexibility index (Phi) is 5.76. The fraction of sp³-hybridized carbons (Fsp3) is 0.316. The number of sulfonamides is 1. The standard InChI is InChI=1S/C19H22FN3O3S/c1-15(21-27(25,26)18-5-3-2-4-6-18)19(24)23-13-11-22(12-14-23)17-9-7-16(20)8-10-17/h2-10,15,21H,11-14H2,1H3. The predicted octanol–water partition coefficient (Wildman–Crippen LogP) is 1.84. The molecule has 0 saturated carbocycles. The van der Waals surface area contributed by atoms with Gasteiger partial charge in [-0.15, -0.1) is 0 Å². The Labute approximate surface area is 158 Å². The molecule has 1 atom stereocenters. The second-order valence-electron chi connectivity index (χ2n) is 6.44. The minimum absolute atomic E-state index is 0.130. The zero-order chi connectivity index (χ0) is 19.4. The van der Waals surface area contributed by atoms with Crippen LogP contribution < -0.4 is 9.62 Å². The lowest BCUT2D eigenvalue weighted by Crippen LogP contribution is -2.54. The van der Waals surface area contributed by atoms with E-state index in [0.717, 1.165) is 5.69 Å². The van der Waals surface area contributed by atoms with E-state index in [0.29, 0.717) is 26.2 Å². The van der Waals surface area contributed by atoms with Crippen LogP contribution in [0.5, 0.6) is 0 Å². The number of nitrogens with zero attached hydrogens (tertiary/aromatic N) is 2. The van der Waals surface area contributed by atoms with E-state index in [2.05, 4.69) is 9.62 Å². The molecule has 0 aliphatic carbocycles. The molecule has 1 aliphatic heterocycles. The van der Waals surface area contributed by atoms with Gasteiger partial charge in [0.2, 0.25) is 15.9 Å². The molecule has 1 saturated heterocycles. The highest BCUT2D eigenvalue weighted by Gasteiger charge is 2.28. The van der Waals surface area contributed by atoms with Crippen LogP contribution in [0.2, 0.25) is 0 Å². The summed E-state index contributed by atoms with van der Waals surface area (Å²) in [4.78, 5) is 16.5. The number of hydrogen-bond acceptors (Lipinski definition) is 4. The maximum absolute atomic E-state index is 13.0. The molecule has 0 bridgehead atoms. The Balaban J connectivity index is 1.58. The molecule has 1 amide bonds. The molecule has 0 spiro atoms. The van der Waals surface area contributed by atoms with E-state index >= 15 is 0 Å². The van der Waals surface area contributed by atoms with Crippen LogP contribution in [0.4, 0.5) is 10.1 Å². The largest absolute Gasteiger partial charge is 0.368 e. The smallest absolute Gasteiger partial charge is 0.241 e. The molecular weight excluding hydrogens is 369 g/mol. The molecule has 1 N–H and O–H groups in total. The van der Waals surface area contributed by atoms with Crippen molar-refractivity contribution in [1.29, 1.82) is 0 Å². The highest BCUT2D eigenvalue weighted by atomic mass is 32.2. The monoisotopic (exact) mass is 391 g/mol. The topological polar surface area (TPSA) is 69.7 Å². The van der Waals surface area contributed by atoms with Gasteiger partial charge in [-0.05, 0) is 43.3 Å². The van der Waals surface area contributed by atoms with Crippen LogP contribution in [0.3, 0.4) is 0 Å². The van der Waals surface area contributed by atoms with Crippen LogP contribution in [-0.4, -0.2) is 51.4 Å². The summed E-state index contributed by atoms with van der Waals surface area (Å²) in [6.45, 7) is 3.72. The number of anilines is 1. The van der Waals surface area contributed by atoms with E-state index in [-0.39, 0.29) is 16.6 Å². The van der Waals surface area contributed by atoms with E-state index in [1.165, 1.54) is 24.3 Å². The maximum Gasteiger partial charge on any atom is 0.241 e. The van der Waals surface area contributed by atoms with E-state index in [9.17, 15) is 17.6 Å². The summed E-state index contributed by atoms with van der Waals surface area (Å²) in [5, 5.41) is 0. The summed E-state index contributed by atoms with van der Waals surface area (Å²) < 4.78 is 40.2. The van der Waals surface area contributed by atoms with Gasteiger partial charge in [-0.1, -0.05) is 18.2 Å². The van der Waals surface area contributed by atoms with Crippen LogP contribution in [-0.2, 0) is 14.8 Å². The van der Waals surface area contributed by atoms with Crippen LogP contribution in [0, 0.1) is 5.82 Å². The molecular formula is C19H22FN3O3S. The Morgan fingerprint density at radius 3 is 2.19 bits per heavy atom. The molecule has 2 aromatic rings. The van der Waals surface area contributed by atoms with Crippen molar-refractivity contribution < 1.29 is 17.6 Å². The number of carbonyl (C=O) groups excluding carboxylic acids is 1. The first kappa shape index (κ1) is 19.3. The van der Waals surface area contributed by atoms with Gasteiger partial charge in [0.15, 0.2) is 0 Å². The summed E-state index contributed by atoms with van der Waals surface area (Å²) in [6.07, 6.45) is 0. The minimum atomic E-state index is -3.74. The molecule has 1 fully saturated rings. The summed E-state index contributed by atoms with van der Waals surface area (Å²) in [5.74, 6) is -0.541. The molecule has 6 nitrogen and oxygen atoms in total. The van der Waals surface area contributed by atoms with E-state index in [1.807, 2.05) is 0 Å². The SMILES string of the molecule is CC(NS(=O)(=O)c1ccccc1)C(=O)N1CCN(c2ccc(F)cc2)CC1. The van der Waals surface area contributed by atoms with Crippen LogP contribution >= 0.6 is 0 Å². The van der Waals surface area contributed by atoms with Crippen molar-refractivity contribution >= 4 is 21.6 Å². The predicted molar refractivity (Wildman–Crippen MR) is 101 cm³/mol. The molecule has 0 radical (unpaired) electrons. The number of carbonyl (C=O) groups is 1. The molecule has 1 heterocycles. The summed E-state index contributed by atoms with van der Waals surface area (Å²) in [6, 6.07) is 13.4. The normalized spacial score (nSPS) is 16.2. The summed E-state index contributed by atoms with van der Waals surface area (Å²) in [5.41, 5.74) is 0.904. The lowest BCUT2D eigenvalue weighted by molar-refractivity contribution is -0.132. The summed E-state index contributed by atoms with van der Waals surface area (Å²) in [7, 11) is -3.74. The van der Waals surface area contributed by atoms with Crippen molar-refractivity contribution in [2.45, 2.75) is 17.9 Å². The number of rotatable bonds is 5. The number of benzene rings is 2. The fourth-order valence-corrected chi connectivity index (χ4v) is 4.28. The van der Waals surface area contributed by atoms with Gasteiger partial charge in [0.05, 0.1) is 10.9 Å². The van der Waals surface area contributed by atoms with Gasteiger partial charge in [0.25, 0.3) is 0 Å². The van der Waals surface area contributed by atoms with Gasteiger partial charge in [-0.3, -0.25) is 4.79 Å². The second kappa shape index (κ2) is 8.06. The third-order valence-corrected chi connectivity index (χ3v) is 6.10. The van der Waals surface area contributed by atoms with Gasteiger partial charge in [0, 0.05) is 31.9 Å². The molecule has 8 heteroatoms. The number of halogens is 1. The first-order valence-electron chi connectivity index (χ1n) is 8.73. The summed E-state index contributed by atoms with van der Waals surface area (Å²) >= 11 is 0. The van der Waals surface area contributed by atoms with Crippen LogP contribution in [0.15, 0.2) is 59.5 Å². The quantitative estimate of drug-likeness (QED) is 0.845. The average molecular weight is 391 g/mol. The first-order valence-corrected chi connectivity index (χ1v) is 10.2. The van der Waals surface area contributed by atoms with Crippen LogP contribution in [0.1, 0.15) is 6.92 Å². The van der Waals surface area contributed by atoms with Gasteiger partial charge in [0.1, 0.15) is 5.82 Å². The lowest BCUT2D eigenvalue weighted by Gasteiger charge is -2.37. The van der Waals surface area contributed by atoms with E-state index in [1.54, 1.807) is 42.2 Å². The van der Waals surface area contributed by atoms with Crippen molar-refractivity contribution in [3.8, 4) is 0 Å². The second-order valence-corrected chi connectivity index (χ2v) is 8.16. The van der Waals surface area contributed by atoms with Crippen molar-refractivity contribution in [1.82, 2.24) is 9.62 Å². The molecule has 3 rings (SSSR count). The average Bonchev–Trinajstić information content (AvgIpc) is 2.68. The van der Waals surface area contributed by atoms with Crippen molar-refractivity contribution in [2.24, 2.45) is 0 Å². The van der Waals surface area contributed by atoms with Crippen molar-refractivity contribution in [3.05, 3.63) is 60.4 Å². The van der Waals surface area contributed by atoms with Gasteiger partial charge < -0.3 is 9.80 Å². The van der Waals surface area contributed by atoms with Crippen molar-refractivity contribution in [2.75, 3.05) is 31.1 Å². The molecule has 1 aliphatic rings. The zero-order valence-corrected chi connectivity index (χ0v) is 15.8. The number of piperazine rings is 1. The third kappa shape index (κ3) is 4.64. The zero-order valence-electron chi connectivity index (χ0n) is 15.0. The van der Waals surface area contributed by atoms with Gasteiger partial charge in [-0.25, -0.2) is 12.8 Å². The molecule has 27 heavy (non-hydrogen) atoms. The van der Waals surface area contributed by atoms with Crippen molar-refractivity contribution in [3.63, 3.8) is 0 Å². The van der Waals surface area contributed by atoms with Gasteiger partial charge in [-0.2, -0.15) is 4.72 Å². The lowest BCUT2D eigenvalue weighted by atomic mass is 10.2. The number of hydrogen-bond donors (Lipinski definition) is 1. The molecule has 1 unspecified atom stereocenters. The minimum Gasteiger partial charge on any atom is -0.368 e. The Morgan fingerprint density at radius 2 is 1.59 bits per heavy atom. The van der Waals surface area contributed by atoms with E-state index in [4.69, 9.17) is 0 Å². The third-order valence-electron chi connectivity index (χ3n) is 4.54. The Morgan fingerprint density at radius 1 is 1.00 bits per heavy atom. The Bertz CT molecular complexity index is 880. The first-order chi connectivity index (χ1) is 12.9. The molecule has 2 aromatic carbocycles. The number of amides is 1. The highest BCUT2D eigenvalue weighted by Crippen LogP contribution is 2.17. The fourth-order valence-electron chi connectivity index (χ4n) is 3.06. The van der Waals surface area contributed by atoms with Crippen LogP contribution in [0.25, 0.3) is 0 Å². The maximum atomic E-state index is 13.0. The molecule has 0 aromatic heterocycles. The van der Waals surface area contributed by atoms with E-state index < -0.39 is 16.1 Å². The molecule has 144 valence electrons. The highest BCUT2D eigenvalue weighted by molar-refractivity contribution is 7.89. The number of nitrogens with one attached hydrogen (secondary N) is 1.